The Morgan fingerprint density at radius 2 is 2.27 bits per heavy atom. The Kier molecular flexibility index (Phi) is 4.40. The van der Waals surface area contributed by atoms with E-state index in [1.165, 1.54) is 17.8 Å². The van der Waals surface area contributed by atoms with Crippen molar-refractivity contribution >= 4 is 34.3 Å². The zero-order valence-corrected chi connectivity index (χ0v) is 15.5. The molecule has 4 rings (SSSR count). The number of carbonyl (C=O) groups is 1. The van der Waals surface area contributed by atoms with Gasteiger partial charge in [0.15, 0.2) is 0 Å². The van der Waals surface area contributed by atoms with Gasteiger partial charge in [-0.05, 0) is 26.0 Å². The lowest BCUT2D eigenvalue weighted by atomic mass is 10.1. The number of thioether (sulfide) groups is 1. The molecule has 1 atom stereocenters. The summed E-state index contributed by atoms with van der Waals surface area (Å²) in [4.78, 5) is 27.0. The molecule has 8 heteroatoms. The summed E-state index contributed by atoms with van der Waals surface area (Å²) in [5.41, 5.74) is 0.717. The van der Waals surface area contributed by atoms with Crippen LogP contribution in [0.4, 0.5) is 10.1 Å². The van der Waals surface area contributed by atoms with Gasteiger partial charge in [0.2, 0.25) is 5.43 Å². The average Bonchev–Trinajstić information content (AvgIpc) is 2.58. The van der Waals surface area contributed by atoms with Crippen molar-refractivity contribution in [3.63, 3.8) is 0 Å². The molecule has 2 aliphatic heterocycles. The average molecular weight is 377 g/mol. The Morgan fingerprint density at radius 1 is 1.46 bits per heavy atom. The number of anilines is 1. The highest BCUT2D eigenvalue weighted by Crippen LogP contribution is 2.38. The highest BCUT2D eigenvalue weighted by atomic mass is 32.2. The number of hydrogen-bond acceptors (Lipinski definition) is 6. The van der Waals surface area contributed by atoms with E-state index in [-0.39, 0.29) is 23.6 Å². The summed E-state index contributed by atoms with van der Waals surface area (Å²) in [5.74, 6) is -0.455. The quantitative estimate of drug-likeness (QED) is 0.828. The minimum absolute atomic E-state index is 0.0125. The van der Waals surface area contributed by atoms with Gasteiger partial charge in [0.1, 0.15) is 11.4 Å². The number of nitrogens with one attached hydrogen (secondary N) is 1. The summed E-state index contributed by atoms with van der Waals surface area (Å²) in [5, 5.41) is 4.16. The van der Waals surface area contributed by atoms with Crippen LogP contribution in [0, 0.1) is 5.82 Å². The van der Waals surface area contributed by atoms with E-state index in [0.717, 1.165) is 6.54 Å². The second kappa shape index (κ2) is 6.59. The van der Waals surface area contributed by atoms with E-state index in [4.69, 9.17) is 4.74 Å². The van der Waals surface area contributed by atoms with Crippen molar-refractivity contribution in [2.24, 2.45) is 0 Å². The molecular formula is C18H20FN3O3S. The first-order valence-electron chi connectivity index (χ1n) is 8.69. The molecule has 0 amide bonds. The van der Waals surface area contributed by atoms with Crippen LogP contribution in [0.1, 0.15) is 24.2 Å². The minimum Gasteiger partial charge on any atom is -0.462 e. The summed E-state index contributed by atoms with van der Waals surface area (Å²) in [7, 11) is 0. The van der Waals surface area contributed by atoms with Gasteiger partial charge in [-0.25, -0.2) is 9.18 Å². The molecule has 0 radical (unpaired) electrons. The number of pyridine rings is 1. The van der Waals surface area contributed by atoms with E-state index >= 15 is 0 Å². The van der Waals surface area contributed by atoms with E-state index in [2.05, 4.69) is 12.2 Å². The van der Waals surface area contributed by atoms with Crippen LogP contribution in [0.5, 0.6) is 0 Å². The molecule has 1 N–H and O–H groups in total. The molecular weight excluding hydrogens is 357 g/mol. The van der Waals surface area contributed by atoms with Gasteiger partial charge in [0.05, 0.1) is 28.7 Å². The van der Waals surface area contributed by atoms with Crippen molar-refractivity contribution in [1.29, 1.82) is 0 Å². The van der Waals surface area contributed by atoms with Crippen molar-refractivity contribution in [2.45, 2.75) is 30.8 Å². The summed E-state index contributed by atoms with van der Waals surface area (Å²) in [6.45, 7) is 6.14. The van der Waals surface area contributed by atoms with Crippen LogP contribution >= 0.6 is 11.8 Å². The van der Waals surface area contributed by atoms with Crippen LogP contribution in [0.25, 0.3) is 10.9 Å². The van der Waals surface area contributed by atoms with Crippen molar-refractivity contribution in [1.82, 2.24) is 9.88 Å². The van der Waals surface area contributed by atoms with Crippen molar-refractivity contribution < 1.29 is 13.9 Å². The number of nitrogens with zero attached hydrogens (tertiary/aromatic N) is 2. The summed E-state index contributed by atoms with van der Waals surface area (Å²) >= 11 is 1.43. The topological polar surface area (TPSA) is 63.6 Å². The number of aromatic nitrogens is 1. The maximum atomic E-state index is 14.8. The Morgan fingerprint density at radius 3 is 2.92 bits per heavy atom. The van der Waals surface area contributed by atoms with Gasteiger partial charge < -0.3 is 19.5 Å². The number of esters is 1. The lowest BCUT2D eigenvalue weighted by Crippen LogP contribution is -2.49. The molecule has 1 aromatic heterocycles. The van der Waals surface area contributed by atoms with Crippen LogP contribution in [0.15, 0.2) is 22.0 Å². The fourth-order valence-electron chi connectivity index (χ4n) is 3.54. The van der Waals surface area contributed by atoms with Crippen molar-refractivity contribution in [2.75, 3.05) is 31.1 Å². The standard InChI is InChI=1S/C18H20FN3O3S/c1-3-25-18(24)15-16(23)11-6-12(19)14(21-5-4-20-10(2)8-21)7-13(11)22-9-26-17(15)22/h6-7,10,20H,3-5,8-9H2,1-2H3. The molecule has 0 bridgehead atoms. The van der Waals surface area contributed by atoms with Crippen molar-refractivity contribution in [3.05, 3.63) is 33.7 Å². The SMILES string of the molecule is CCOC(=O)c1c2n(c3cc(N4CCNC(C)C4)c(F)cc3c1=O)CS2. The molecule has 3 heterocycles. The zero-order valence-electron chi connectivity index (χ0n) is 14.7. The third-order valence-electron chi connectivity index (χ3n) is 4.81. The van der Waals surface area contributed by atoms with Crippen LogP contribution < -0.4 is 15.6 Å². The largest absolute Gasteiger partial charge is 0.462 e. The molecule has 26 heavy (non-hydrogen) atoms. The molecule has 1 aromatic carbocycles. The smallest absolute Gasteiger partial charge is 0.344 e. The van der Waals surface area contributed by atoms with Gasteiger partial charge in [-0.2, -0.15) is 0 Å². The molecule has 0 aliphatic carbocycles. The number of halogens is 1. The molecule has 6 nitrogen and oxygen atoms in total. The maximum Gasteiger partial charge on any atom is 0.344 e. The first-order valence-corrected chi connectivity index (χ1v) is 9.68. The number of ether oxygens (including phenoxy) is 1. The van der Waals surface area contributed by atoms with Gasteiger partial charge in [-0.1, -0.05) is 11.8 Å². The first kappa shape index (κ1) is 17.4. The van der Waals surface area contributed by atoms with E-state index in [1.807, 2.05) is 9.47 Å². The predicted molar refractivity (Wildman–Crippen MR) is 99.7 cm³/mol. The monoisotopic (exact) mass is 377 g/mol. The molecule has 138 valence electrons. The summed E-state index contributed by atoms with van der Waals surface area (Å²) in [6.07, 6.45) is 0. The Bertz CT molecular complexity index is 959. The lowest BCUT2D eigenvalue weighted by Gasteiger charge is -2.34. The molecule has 2 aromatic rings. The number of fused-ring (bicyclic) bond motifs is 3. The summed E-state index contributed by atoms with van der Waals surface area (Å²) < 4.78 is 21.7. The van der Waals surface area contributed by atoms with Gasteiger partial charge >= 0.3 is 5.97 Å². The Balaban J connectivity index is 1.88. The maximum absolute atomic E-state index is 14.8. The van der Waals surface area contributed by atoms with Gasteiger partial charge in [0.25, 0.3) is 0 Å². The third-order valence-corrected chi connectivity index (χ3v) is 5.89. The fraction of sp³-hybridized carbons (Fsp3) is 0.444. The lowest BCUT2D eigenvalue weighted by molar-refractivity contribution is 0.0518. The number of carbonyl (C=O) groups excluding carboxylic acids is 1. The van der Waals surface area contributed by atoms with Crippen molar-refractivity contribution in [3.8, 4) is 0 Å². The second-order valence-electron chi connectivity index (χ2n) is 6.55. The molecule has 1 saturated heterocycles. The number of benzene rings is 1. The highest BCUT2D eigenvalue weighted by Gasteiger charge is 2.30. The number of rotatable bonds is 3. The fourth-order valence-corrected chi connectivity index (χ4v) is 4.49. The number of hydrogen-bond donors (Lipinski definition) is 1. The van der Waals surface area contributed by atoms with Crippen LogP contribution in [-0.4, -0.2) is 42.8 Å². The first-order chi connectivity index (χ1) is 12.5. The van der Waals surface area contributed by atoms with Gasteiger partial charge in [0, 0.05) is 31.1 Å². The normalized spacial score (nSPS) is 19.2. The zero-order chi connectivity index (χ0) is 18.4. The minimum atomic E-state index is -0.643. The van der Waals surface area contributed by atoms with E-state index in [1.54, 1.807) is 13.0 Å². The highest BCUT2D eigenvalue weighted by molar-refractivity contribution is 7.99. The van der Waals surface area contributed by atoms with E-state index < -0.39 is 17.2 Å². The molecule has 0 spiro atoms. The number of piperazine rings is 1. The van der Waals surface area contributed by atoms with Crippen LogP contribution in [-0.2, 0) is 10.6 Å². The van der Waals surface area contributed by atoms with Gasteiger partial charge in [-0.15, -0.1) is 0 Å². The van der Waals surface area contributed by atoms with E-state index in [9.17, 15) is 14.0 Å². The second-order valence-corrected chi connectivity index (χ2v) is 7.49. The predicted octanol–water partition coefficient (Wildman–Crippen LogP) is 2.18. The van der Waals surface area contributed by atoms with E-state index in [0.29, 0.717) is 35.2 Å². The molecule has 1 fully saturated rings. The molecule has 2 aliphatic rings. The Labute approximate surface area is 154 Å². The Hall–Kier alpha value is -2.06. The van der Waals surface area contributed by atoms with Crippen LogP contribution in [0.2, 0.25) is 0 Å². The third kappa shape index (κ3) is 2.68. The molecule has 1 unspecified atom stereocenters. The summed E-state index contributed by atoms with van der Waals surface area (Å²) in [6, 6.07) is 3.27. The van der Waals surface area contributed by atoms with Crippen LogP contribution in [0.3, 0.4) is 0 Å². The van der Waals surface area contributed by atoms with Gasteiger partial charge in [-0.3, -0.25) is 4.79 Å². The molecule has 0 saturated carbocycles.